The van der Waals surface area contributed by atoms with Crippen molar-refractivity contribution in [1.29, 1.82) is 0 Å². The van der Waals surface area contributed by atoms with E-state index in [0.717, 1.165) is 27.9 Å². The van der Waals surface area contributed by atoms with Crippen molar-refractivity contribution < 1.29 is 9.59 Å². The van der Waals surface area contributed by atoms with E-state index < -0.39 is 0 Å². The molecule has 2 aromatic carbocycles. The van der Waals surface area contributed by atoms with Gasteiger partial charge in [-0.05, 0) is 50.5 Å². The van der Waals surface area contributed by atoms with Gasteiger partial charge in [-0.15, -0.1) is 0 Å². The molecule has 0 aliphatic carbocycles. The molecule has 2 amide bonds. The molecule has 0 saturated heterocycles. The number of amides is 2. The number of carbonyl (C=O) groups is 2. The smallest absolute Gasteiger partial charge is 0.244 e. The highest BCUT2D eigenvalue weighted by atomic mass is 16.2. The molecule has 2 aromatic rings. The van der Waals surface area contributed by atoms with Gasteiger partial charge in [0.1, 0.15) is 0 Å². The standard InChI is InChI=1S/C21H24N2O2/c1-14-5-7-18(8-6-14)9-10-19(24)22-13-20(25)23-21-16(3)11-15(2)12-17(21)4/h5-12H,13H2,1-4H3,(H,22,24)(H,23,25). The van der Waals surface area contributed by atoms with Gasteiger partial charge in [-0.2, -0.15) is 0 Å². The summed E-state index contributed by atoms with van der Waals surface area (Å²) in [6, 6.07) is 11.9. The van der Waals surface area contributed by atoms with Crippen LogP contribution in [0, 0.1) is 27.7 Å². The monoisotopic (exact) mass is 336 g/mol. The average Bonchev–Trinajstić information content (AvgIpc) is 2.55. The van der Waals surface area contributed by atoms with E-state index in [1.54, 1.807) is 6.08 Å². The summed E-state index contributed by atoms with van der Waals surface area (Å²) in [6.07, 6.45) is 3.15. The van der Waals surface area contributed by atoms with E-state index in [4.69, 9.17) is 0 Å². The zero-order valence-corrected chi connectivity index (χ0v) is 15.1. The Hall–Kier alpha value is -2.88. The van der Waals surface area contributed by atoms with E-state index >= 15 is 0 Å². The van der Waals surface area contributed by atoms with Crippen molar-refractivity contribution in [2.24, 2.45) is 0 Å². The fourth-order valence-corrected chi connectivity index (χ4v) is 2.64. The quantitative estimate of drug-likeness (QED) is 0.818. The van der Waals surface area contributed by atoms with Gasteiger partial charge in [0.05, 0.1) is 6.54 Å². The molecule has 0 aliphatic heterocycles. The summed E-state index contributed by atoms with van der Waals surface area (Å²) in [7, 11) is 0. The molecular formula is C21H24N2O2. The molecule has 0 aromatic heterocycles. The summed E-state index contributed by atoms with van der Waals surface area (Å²) in [5, 5.41) is 5.46. The largest absolute Gasteiger partial charge is 0.343 e. The van der Waals surface area contributed by atoms with Crippen LogP contribution >= 0.6 is 0 Å². The van der Waals surface area contributed by atoms with Crippen LogP contribution in [-0.2, 0) is 9.59 Å². The van der Waals surface area contributed by atoms with Crippen LogP contribution in [0.1, 0.15) is 27.8 Å². The van der Waals surface area contributed by atoms with Crippen LogP contribution in [0.2, 0.25) is 0 Å². The topological polar surface area (TPSA) is 58.2 Å². The van der Waals surface area contributed by atoms with Gasteiger partial charge < -0.3 is 10.6 Å². The Kier molecular flexibility index (Phi) is 6.12. The van der Waals surface area contributed by atoms with Crippen LogP contribution in [-0.4, -0.2) is 18.4 Å². The molecule has 4 nitrogen and oxygen atoms in total. The second kappa shape index (κ2) is 8.29. The lowest BCUT2D eigenvalue weighted by Crippen LogP contribution is -2.32. The number of benzene rings is 2. The van der Waals surface area contributed by atoms with Crippen molar-refractivity contribution in [2.45, 2.75) is 27.7 Å². The van der Waals surface area contributed by atoms with Gasteiger partial charge in [0.2, 0.25) is 11.8 Å². The van der Waals surface area contributed by atoms with E-state index in [1.807, 2.05) is 64.1 Å². The van der Waals surface area contributed by atoms with Gasteiger partial charge in [-0.1, -0.05) is 47.5 Å². The molecule has 0 radical (unpaired) electrons. The highest BCUT2D eigenvalue weighted by molar-refractivity contribution is 5.98. The summed E-state index contributed by atoms with van der Waals surface area (Å²) in [6.45, 7) is 7.88. The molecule has 0 fully saturated rings. The second-order valence-electron chi connectivity index (χ2n) is 6.28. The summed E-state index contributed by atoms with van der Waals surface area (Å²) in [4.78, 5) is 23.9. The zero-order valence-electron chi connectivity index (χ0n) is 15.1. The first-order chi connectivity index (χ1) is 11.8. The molecule has 0 heterocycles. The van der Waals surface area contributed by atoms with Crippen LogP contribution in [0.15, 0.2) is 42.5 Å². The first-order valence-electron chi connectivity index (χ1n) is 8.25. The number of hydrogen-bond acceptors (Lipinski definition) is 2. The van der Waals surface area contributed by atoms with E-state index in [0.29, 0.717) is 0 Å². The molecule has 0 bridgehead atoms. The van der Waals surface area contributed by atoms with Gasteiger partial charge in [-0.25, -0.2) is 0 Å². The molecule has 2 rings (SSSR count). The van der Waals surface area contributed by atoms with Crippen LogP contribution in [0.25, 0.3) is 6.08 Å². The summed E-state index contributed by atoms with van der Waals surface area (Å²) < 4.78 is 0. The zero-order chi connectivity index (χ0) is 18.4. The number of rotatable bonds is 5. The van der Waals surface area contributed by atoms with E-state index in [-0.39, 0.29) is 18.4 Å². The number of nitrogens with one attached hydrogen (secondary N) is 2. The molecule has 0 atom stereocenters. The van der Waals surface area contributed by atoms with Crippen molar-refractivity contribution in [3.8, 4) is 0 Å². The Morgan fingerprint density at radius 2 is 1.52 bits per heavy atom. The van der Waals surface area contributed by atoms with E-state index in [1.165, 1.54) is 11.6 Å². The van der Waals surface area contributed by atoms with Gasteiger partial charge in [0.25, 0.3) is 0 Å². The molecule has 4 heteroatoms. The molecule has 25 heavy (non-hydrogen) atoms. The lowest BCUT2D eigenvalue weighted by Gasteiger charge is -2.13. The molecule has 0 unspecified atom stereocenters. The first kappa shape index (κ1) is 18.5. The highest BCUT2D eigenvalue weighted by Gasteiger charge is 2.08. The average molecular weight is 336 g/mol. The van der Waals surface area contributed by atoms with Gasteiger partial charge in [0.15, 0.2) is 0 Å². The minimum atomic E-state index is -0.298. The molecule has 0 spiro atoms. The maximum Gasteiger partial charge on any atom is 0.244 e. The van der Waals surface area contributed by atoms with Crippen molar-refractivity contribution in [1.82, 2.24) is 5.32 Å². The highest BCUT2D eigenvalue weighted by Crippen LogP contribution is 2.21. The van der Waals surface area contributed by atoms with Gasteiger partial charge in [0, 0.05) is 11.8 Å². The van der Waals surface area contributed by atoms with Crippen LogP contribution in [0.3, 0.4) is 0 Å². The third-order valence-corrected chi connectivity index (χ3v) is 3.87. The number of anilines is 1. The van der Waals surface area contributed by atoms with Gasteiger partial charge >= 0.3 is 0 Å². The predicted octanol–water partition coefficient (Wildman–Crippen LogP) is 3.69. The number of aryl methyl sites for hydroxylation is 4. The van der Waals surface area contributed by atoms with Crippen LogP contribution in [0.4, 0.5) is 5.69 Å². The van der Waals surface area contributed by atoms with Gasteiger partial charge in [-0.3, -0.25) is 9.59 Å². The maximum atomic E-state index is 12.1. The third-order valence-electron chi connectivity index (χ3n) is 3.87. The Morgan fingerprint density at radius 1 is 0.920 bits per heavy atom. The predicted molar refractivity (Wildman–Crippen MR) is 103 cm³/mol. The first-order valence-corrected chi connectivity index (χ1v) is 8.25. The normalized spacial score (nSPS) is 10.7. The summed E-state index contributed by atoms with van der Waals surface area (Å²) >= 11 is 0. The lowest BCUT2D eigenvalue weighted by molar-refractivity contribution is -0.121. The fraction of sp³-hybridized carbons (Fsp3) is 0.238. The molecular weight excluding hydrogens is 312 g/mol. The molecule has 130 valence electrons. The second-order valence-corrected chi connectivity index (χ2v) is 6.28. The van der Waals surface area contributed by atoms with Crippen molar-refractivity contribution >= 4 is 23.6 Å². The SMILES string of the molecule is Cc1ccc(C=CC(=O)NCC(=O)Nc2c(C)cc(C)cc2C)cc1. The molecule has 0 aliphatic rings. The Morgan fingerprint density at radius 3 is 2.12 bits per heavy atom. The Labute approximate surface area is 149 Å². The maximum absolute atomic E-state index is 12.1. The minimum Gasteiger partial charge on any atom is -0.343 e. The Balaban J connectivity index is 1.87. The minimum absolute atomic E-state index is 0.0656. The van der Waals surface area contributed by atoms with Crippen molar-refractivity contribution in [3.63, 3.8) is 0 Å². The van der Waals surface area contributed by atoms with Crippen LogP contribution in [0.5, 0.6) is 0 Å². The van der Waals surface area contributed by atoms with Crippen LogP contribution < -0.4 is 10.6 Å². The number of hydrogen-bond donors (Lipinski definition) is 2. The molecule has 2 N–H and O–H groups in total. The van der Waals surface area contributed by atoms with E-state index in [2.05, 4.69) is 10.6 Å². The molecule has 0 saturated carbocycles. The van der Waals surface area contributed by atoms with Crippen molar-refractivity contribution in [3.05, 3.63) is 70.3 Å². The van der Waals surface area contributed by atoms with E-state index in [9.17, 15) is 9.59 Å². The Bertz CT molecular complexity index is 782. The lowest BCUT2D eigenvalue weighted by atomic mass is 10.1. The van der Waals surface area contributed by atoms with Crippen molar-refractivity contribution in [2.75, 3.05) is 11.9 Å². The summed E-state index contributed by atoms with van der Waals surface area (Å²) in [5.41, 5.74) is 6.09. The fourth-order valence-electron chi connectivity index (χ4n) is 2.64. The summed E-state index contributed by atoms with van der Waals surface area (Å²) in [5.74, 6) is -0.541. The third kappa shape index (κ3) is 5.60. The number of carbonyl (C=O) groups excluding carboxylic acids is 2.